The number of carbonyl (C=O) groups excluding carboxylic acids is 2. The molecule has 1 aromatic rings. The highest BCUT2D eigenvalue weighted by Gasteiger charge is 2.51. The minimum Gasteiger partial charge on any atom is -0.268 e. The van der Waals surface area contributed by atoms with Crippen LogP contribution in [-0.2, 0) is 4.79 Å². The fraction of sp³-hybridized carbons (Fsp3) is 0.231. The maximum atomic E-state index is 12.8. The van der Waals surface area contributed by atoms with Crippen LogP contribution in [0.3, 0.4) is 0 Å². The summed E-state index contributed by atoms with van der Waals surface area (Å²) in [6.45, 7) is 3.29. The number of halogens is 3. The number of hydrogen-bond acceptors (Lipinski definition) is 2. The van der Waals surface area contributed by atoms with E-state index in [4.69, 9.17) is 0 Å². The Kier molecular flexibility index (Phi) is 3.52. The van der Waals surface area contributed by atoms with Gasteiger partial charge in [-0.3, -0.25) is 15.0 Å². The Labute approximate surface area is 112 Å². The molecule has 1 N–H and O–H groups in total. The average Bonchev–Trinajstić information content (AvgIpc) is 2.68. The molecule has 7 heteroatoms. The number of benzene rings is 1. The Bertz CT molecular complexity index is 554. The Morgan fingerprint density at radius 1 is 1.30 bits per heavy atom. The Hall–Kier alpha value is -2.31. The van der Waals surface area contributed by atoms with Crippen molar-refractivity contribution < 1.29 is 22.8 Å². The zero-order valence-corrected chi connectivity index (χ0v) is 10.3. The standard InChI is InChI=1S/C13H11F3N2O2/c1-8-7-10(13(14,15)16)18(12(8)20)17-11(19)9-5-3-2-4-6-9/h2-6,10H,1,7H2,(H,17,19). The molecule has 1 fully saturated rings. The molecule has 1 aromatic carbocycles. The van der Waals surface area contributed by atoms with Gasteiger partial charge in [0.2, 0.25) is 0 Å². The molecule has 4 nitrogen and oxygen atoms in total. The SMILES string of the molecule is C=C1CC(C(F)(F)F)N(NC(=O)c2ccccc2)C1=O. The summed E-state index contributed by atoms with van der Waals surface area (Å²) in [7, 11) is 0. The van der Waals surface area contributed by atoms with Crippen LogP contribution in [0.15, 0.2) is 42.5 Å². The predicted octanol–water partition coefficient (Wildman–Crippen LogP) is 2.05. The van der Waals surface area contributed by atoms with Gasteiger partial charge in [0.25, 0.3) is 11.8 Å². The molecule has 1 aliphatic heterocycles. The van der Waals surface area contributed by atoms with Crippen LogP contribution in [0.4, 0.5) is 13.2 Å². The number of nitrogens with one attached hydrogen (secondary N) is 1. The van der Waals surface area contributed by atoms with Gasteiger partial charge in [-0.2, -0.15) is 13.2 Å². The van der Waals surface area contributed by atoms with E-state index in [2.05, 4.69) is 6.58 Å². The highest BCUT2D eigenvalue weighted by Crippen LogP contribution is 2.34. The molecule has 0 bridgehead atoms. The summed E-state index contributed by atoms with van der Waals surface area (Å²) in [4.78, 5) is 23.5. The van der Waals surface area contributed by atoms with E-state index in [1.807, 2.05) is 5.43 Å². The fourth-order valence-electron chi connectivity index (χ4n) is 1.88. The largest absolute Gasteiger partial charge is 0.411 e. The highest BCUT2D eigenvalue weighted by atomic mass is 19.4. The average molecular weight is 284 g/mol. The molecular formula is C13H11F3N2O2. The maximum absolute atomic E-state index is 12.8. The van der Waals surface area contributed by atoms with E-state index in [1.165, 1.54) is 12.1 Å². The van der Waals surface area contributed by atoms with Gasteiger partial charge in [0.15, 0.2) is 6.04 Å². The molecule has 0 spiro atoms. The van der Waals surface area contributed by atoms with Crippen molar-refractivity contribution in [3.8, 4) is 0 Å². The normalized spacial score (nSPS) is 19.4. The van der Waals surface area contributed by atoms with E-state index < -0.39 is 30.5 Å². The zero-order valence-electron chi connectivity index (χ0n) is 10.3. The van der Waals surface area contributed by atoms with Gasteiger partial charge in [-0.1, -0.05) is 24.8 Å². The first-order valence-electron chi connectivity index (χ1n) is 5.75. The van der Waals surface area contributed by atoms with Crippen molar-refractivity contribution in [1.29, 1.82) is 0 Å². The topological polar surface area (TPSA) is 49.4 Å². The summed E-state index contributed by atoms with van der Waals surface area (Å²) in [5.41, 5.74) is 1.98. The van der Waals surface area contributed by atoms with Gasteiger partial charge in [0.1, 0.15) is 0 Å². The fourth-order valence-corrected chi connectivity index (χ4v) is 1.88. The molecular weight excluding hydrogens is 273 g/mol. The van der Waals surface area contributed by atoms with Gasteiger partial charge < -0.3 is 0 Å². The van der Waals surface area contributed by atoms with Gasteiger partial charge in [-0.05, 0) is 12.1 Å². The van der Waals surface area contributed by atoms with Crippen molar-refractivity contribution in [2.45, 2.75) is 18.6 Å². The predicted molar refractivity (Wildman–Crippen MR) is 64.4 cm³/mol. The lowest BCUT2D eigenvalue weighted by Crippen LogP contribution is -2.52. The lowest BCUT2D eigenvalue weighted by molar-refractivity contribution is -0.185. The number of amides is 2. The summed E-state index contributed by atoms with van der Waals surface area (Å²) in [5, 5.41) is 0.303. The third-order valence-electron chi connectivity index (χ3n) is 2.91. The van der Waals surface area contributed by atoms with E-state index >= 15 is 0 Å². The van der Waals surface area contributed by atoms with Crippen molar-refractivity contribution >= 4 is 11.8 Å². The Morgan fingerprint density at radius 2 is 1.90 bits per heavy atom. The Morgan fingerprint density at radius 3 is 2.45 bits per heavy atom. The molecule has 1 unspecified atom stereocenters. The second-order valence-corrected chi connectivity index (χ2v) is 4.35. The molecule has 106 valence electrons. The number of carbonyl (C=O) groups is 2. The first kappa shape index (κ1) is 14.1. The van der Waals surface area contributed by atoms with Gasteiger partial charge in [-0.15, -0.1) is 0 Å². The molecule has 2 amide bonds. The summed E-state index contributed by atoms with van der Waals surface area (Å²) in [6, 6.07) is 5.61. The van der Waals surface area contributed by atoms with Crippen molar-refractivity contribution in [2.75, 3.05) is 0 Å². The van der Waals surface area contributed by atoms with Crippen LogP contribution in [0.2, 0.25) is 0 Å². The van der Waals surface area contributed by atoms with Crippen molar-refractivity contribution in [1.82, 2.24) is 10.4 Å². The first-order valence-corrected chi connectivity index (χ1v) is 5.75. The number of hydrogen-bond donors (Lipinski definition) is 1. The van der Waals surface area contributed by atoms with E-state index in [0.717, 1.165) is 0 Å². The molecule has 2 rings (SSSR count). The van der Waals surface area contributed by atoms with Crippen LogP contribution in [0.25, 0.3) is 0 Å². The Balaban J connectivity index is 2.20. The van der Waals surface area contributed by atoms with Crippen LogP contribution in [0.5, 0.6) is 0 Å². The molecule has 20 heavy (non-hydrogen) atoms. The quantitative estimate of drug-likeness (QED) is 0.845. The van der Waals surface area contributed by atoms with Crippen LogP contribution in [0.1, 0.15) is 16.8 Å². The maximum Gasteiger partial charge on any atom is 0.411 e. The zero-order chi connectivity index (χ0) is 14.9. The number of alkyl halides is 3. The van der Waals surface area contributed by atoms with E-state index in [9.17, 15) is 22.8 Å². The number of hydrazine groups is 1. The van der Waals surface area contributed by atoms with Gasteiger partial charge in [0.05, 0.1) is 0 Å². The lowest BCUT2D eigenvalue weighted by Gasteiger charge is -2.26. The second kappa shape index (κ2) is 4.99. The van der Waals surface area contributed by atoms with Crippen LogP contribution >= 0.6 is 0 Å². The monoisotopic (exact) mass is 284 g/mol. The third-order valence-corrected chi connectivity index (χ3v) is 2.91. The highest BCUT2D eigenvalue weighted by molar-refractivity contribution is 6.00. The molecule has 1 heterocycles. The van der Waals surface area contributed by atoms with Crippen molar-refractivity contribution in [2.24, 2.45) is 0 Å². The smallest absolute Gasteiger partial charge is 0.268 e. The van der Waals surface area contributed by atoms with Gasteiger partial charge in [-0.25, -0.2) is 5.01 Å². The van der Waals surface area contributed by atoms with Crippen LogP contribution < -0.4 is 5.43 Å². The first-order chi connectivity index (χ1) is 9.30. The van der Waals surface area contributed by atoms with Crippen LogP contribution in [-0.4, -0.2) is 29.0 Å². The van der Waals surface area contributed by atoms with E-state index in [0.29, 0.717) is 5.01 Å². The third kappa shape index (κ3) is 2.66. The summed E-state index contributed by atoms with van der Waals surface area (Å²) in [6.07, 6.45) is -5.17. The lowest BCUT2D eigenvalue weighted by atomic mass is 10.2. The van der Waals surface area contributed by atoms with E-state index in [1.54, 1.807) is 18.2 Å². The molecule has 0 aromatic heterocycles. The van der Waals surface area contributed by atoms with Crippen LogP contribution in [0, 0.1) is 0 Å². The molecule has 1 atom stereocenters. The van der Waals surface area contributed by atoms with Crippen molar-refractivity contribution in [3.63, 3.8) is 0 Å². The summed E-state index contributed by atoms with van der Waals surface area (Å²) < 4.78 is 38.5. The molecule has 0 aliphatic carbocycles. The van der Waals surface area contributed by atoms with E-state index in [-0.39, 0.29) is 11.1 Å². The minimum absolute atomic E-state index is 0.165. The second-order valence-electron chi connectivity index (χ2n) is 4.35. The molecule has 0 radical (unpaired) electrons. The minimum atomic E-state index is -4.63. The molecule has 0 saturated carbocycles. The number of rotatable bonds is 2. The van der Waals surface area contributed by atoms with Crippen molar-refractivity contribution in [3.05, 3.63) is 48.0 Å². The van der Waals surface area contributed by atoms with Gasteiger partial charge in [0, 0.05) is 17.6 Å². The number of nitrogens with zero attached hydrogens (tertiary/aromatic N) is 1. The molecule has 1 saturated heterocycles. The summed E-state index contributed by atoms with van der Waals surface area (Å²) in [5.74, 6) is -1.69. The summed E-state index contributed by atoms with van der Waals surface area (Å²) >= 11 is 0. The molecule has 1 aliphatic rings. The van der Waals surface area contributed by atoms with Gasteiger partial charge >= 0.3 is 6.18 Å².